The zero-order chi connectivity index (χ0) is 12.7. The van der Waals surface area contributed by atoms with E-state index >= 15 is 0 Å². The van der Waals surface area contributed by atoms with E-state index in [4.69, 9.17) is 23.2 Å². The molecule has 90 valence electrons. The molecule has 0 fully saturated rings. The molecule has 0 bridgehead atoms. The molecule has 2 N–H and O–H groups in total. The quantitative estimate of drug-likeness (QED) is 0.715. The van der Waals surface area contributed by atoms with Gasteiger partial charge in [0, 0.05) is 11.8 Å². The van der Waals surface area contributed by atoms with Gasteiger partial charge in [0.1, 0.15) is 11.6 Å². The van der Waals surface area contributed by atoms with Crippen molar-refractivity contribution in [3.63, 3.8) is 0 Å². The van der Waals surface area contributed by atoms with Gasteiger partial charge in [-0.2, -0.15) is 0 Å². The average molecular weight is 280 g/mol. The lowest BCUT2D eigenvalue weighted by Gasteiger charge is -1.95. The summed E-state index contributed by atoms with van der Waals surface area (Å²) in [6.45, 7) is 0. The van der Waals surface area contributed by atoms with Gasteiger partial charge >= 0.3 is 0 Å². The number of halogens is 2. The number of aromatic hydroxyl groups is 1. The van der Waals surface area contributed by atoms with Gasteiger partial charge in [-0.3, -0.25) is 4.98 Å². The van der Waals surface area contributed by atoms with Crippen molar-refractivity contribution in [1.29, 1.82) is 0 Å². The molecule has 6 heteroatoms. The van der Waals surface area contributed by atoms with Gasteiger partial charge in [0.05, 0.1) is 27.3 Å². The van der Waals surface area contributed by atoms with E-state index in [1.165, 1.54) is 6.20 Å². The molecule has 1 aromatic carbocycles. The largest absolute Gasteiger partial charge is 0.506 e. The molecule has 0 saturated heterocycles. The number of hydrogen-bond donors (Lipinski definition) is 2. The van der Waals surface area contributed by atoms with E-state index in [1.807, 2.05) is 0 Å². The van der Waals surface area contributed by atoms with Crippen LogP contribution in [0.2, 0.25) is 10.0 Å². The number of aromatic amines is 1. The molecule has 0 atom stereocenters. The molecule has 2 heterocycles. The van der Waals surface area contributed by atoms with Crippen molar-refractivity contribution in [3.05, 3.63) is 40.6 Å². The fourth-order valence-electron chi connectivity index (χ4n) is 1.70. The van der Waals surface area contributed by atoms with Crippen LogP contribution in [0.3, 0.4) is 0 Å². The smallest absolute Gasteiger partial charge is 0.140 e. The topological polar surface area (TPSA) is 61.8 Å². The number of H-pyrrole nitrogens is 1. The van der Waals surface area contributed by atoms with Crippen LogP contribution in [-0.4, -0.2) is 20.1 Å². The molecule has 0 spiro atoms. The maximum atomic E-state index is 9.39. The van der Waals surface area contributed by atoms with Crippen LogP contribution >= 0.6 is 23.2 Å². The fraction of sp³-hybridized carbons (Fsp3) is 0. The minimum absolute atomic E-state index is 0.0871. The lowest BCUT2D eigenvalue weighted by atomic mass is 10.2. The van der Waals surface area contributed by atoms with Gasteiger partial charge in [0.15, 0.2) is 0 Å². The normalized spacial score (nSPS) is 11.0. The third-order valence-corrected chi connectivity index (χ3v) is 3.24. The fourth-order valence-corrected chi connectivity index (χ4v) is 2.02. The van der Waals surface area contributed by atoms with E-state index in [0.717, 1.165) is 5.52 Å². The second-order valence-corrected chi connectivity index (χ2v) is 4.62. The molecular weight excluding hydrogens is 273 g/mol. The van der Waals surface area contributed by atoms with Gasteiger partial charge in [-0.05, 0) is 18.2 Å². The van der Waals surface area contributed by atoms with E-state index in [0.29, 0.717) is 26.9 Å². The Balaban J connectivity index is 2.19. The summed E-state index contributed by atoms with van der Waals surface area (Å²) in [5.74, 6) is 0.691. The SMILES string of the molecule is Oc1cncc(-c2nc3cc(Cl)c(Cl)cc3[nH]2)c1. The van der Waals surface area contributed by atoms with E-state index in [9.17, 15) is 5.11 Å². The van der Waals surface area contributed by atoms with Crippen LogP contribution in [0.25, 0.3) is 22.4 Å². The lowest BCUT2D eigenvalue weighted by Crippen LogP contribution is -1.81. The molecule has 3 rings (SSSR count). The van der Waals surface area contributed by atoms with Crippen LogP contribution in [0.4, 0.5) is 0 Å². The predicted molar refractivity (Wildman–Crippen MR) is 71.0 cm³/mol. The Kier molecular flexibility index (Phi) is 2.61. The number of imidazole rings is 1. The number of hydrogen-bond acceptors (Lipinski definition) is 3. The molecule has 0 unspecified atom stereocenters. The van der Waals surface area contributed by atoms with Crippen LogP contribution in [0.5, 0.6) is 5.75 Å². The Bertz CT molecular complexity index is 700. The Hall–Kier alpha value is -1.78. The second-order valence-electron chi connectivity index (χ2n) is 3.80. The van der Waals surface area contributed by atoms with Gasteiger partial charge < -0.3 is 10.1 Å². The van der Waals surface area contributed by atoms with Crippen LogP contribution in [0.15, 0.2) is 30.6 Å². The number of fused-ring (bicyclic) bond motifs is 1. The monoisotopic (exact) mass is 279 g/mol. The number of nitrogens with zero attached hydrogens (tertiary/aromatic N) is 2. The first-order chi connectivity index (χ1) is 8.63. The molecule has 0 radical (unpaired) electrons. The summed E-state index contributed by atoms with van der Waals surface area (Å²) in [5, 5.41) is 10.3. The molecule has 0 aliphatic heterocycles. The zero-order valence-electron chi connectivity index (χ0n) is 8.98. The van der Waals surface area contributed by atoms with Gasteiger partial charge in [-0.15, -0.1) is 0 Å². The minimum Gasteiger partial charge on any atom is -0.506 e. The highest BCUT2D eigenvalue weighted by molar-refractivity contribution is 6.42. The van der Waals surface area contributed by atoms with Gasteiger partial charge in [-0.25, -0.2) is 4.98 Å². The number of aromatic nitrogens is 3. The number of benzene rings is 1. The van der Waals surface area contributed by atoms with Crippen molar-refractivity contribution in [3.8, 4) is 17.1 Å². The molecule has 0 amide bonds. The summed E-state index contributed by atoms with van der Waals surface area (Å²) in [7, 11) is 0. The first-order valence-electron chi connectivity index (χ1n) is 5.12. The van der Waals surface area contributed by atoms with Crippen molar-refractivity contribution >= 4 is 34.2 Å². The molecule has 0 aliphatic carbocycles. The summed E-state index contributed by atoms with van der Waals surface area (Å²) >= 11 is 11.9. The Morgan fingerprint density at radius 2 is 1.83 bits per heavy atom. The highest BCUT2D eigenvalue weighted by atomic mass is 35.5. The van der Waals surface area contributed by atoms with Crippen LogP contribution in [0, 0.1) is 0 Å². The molecule has 18 heavy (non-hydrogen) atoms. The Labute approximate surface area is 112 Å². The van der Waals surface area contributed by atoms with Crippen molar-refractivity contribution in [2.75, 3.05) is 0 Å². The van der Waals surface area contributed by atoms with Gasteiger partial charge in [0.2, 0.25) is 0 Å². The molecule has 0 saturated carbocycles. The number of nitrogens with one attached hydrogen (secondary N) is 1. The third kappa shape index (κ3) is 1.89. The van der Waals surface area contributed by atoms with Crippen LogP contribution in [0.1, 0.15) is 0 Å². The number of pyridine rings is 1. The zero-order valence-corrected chi connectivity index (χ0v) is 10.5. The van der Waals surface area contributed by atoms with Gasteiger partial charge in [0.25, 0.3) is 0 Å². The maximum Gasteiger partial charge on any atom is 0.140 e. The van der Waals surface area contributed by atoms with E-state index in [-0.39, 0.29) is 5.75 Å². The first-order valence-corrected chi connectivity index (χ1v) is 5.88. The summed E-state index contributed by atoms with van der Waals surface area (Å²) < 4.78 is 0. The lowest BCUT2D eigenvalue weighted by molar-refractivity contribution is 0.473. The highest BCUT2D eigenvalue weighted by Gasteiger charge is 2.08. The molecule has 4 nitrogen and oxygen atoms in total. The van der Waals surface area contributed by atoms with Crippen molar-refractivity contribution in [2.24, 2.45) is 0 Å². The van der Waals surface area contributed by atoms with E-state index < -0.39 is 0 Å². The summed E-state index contributed by atoms with van der Waals surface area (Å²) in [6.07, 6.45) is 2.97. The van der Waals surface area contributed by atoms with Crippen LogP contribution < -0.4 is 0 Å². The summed E-state index contributed by atoms with van der Waals surface area (Å²) in [4.78, 5) is 11.4. The van der Waals surface area contributed by atoms with Crippen molar-refractivity contribution < 1.29 is 5.11 Å². The highest BCUT2D eigenvalue weighted by Crippen LogP contribution is 2.29. The molecule has 0 aliphatic rings. The van der Waals surface area contributed by atoms with Crippen LogP contribution in [-0.2, 0) is 0 Å². The predicted octanol–water partition coefficient (Wildman–Crippen LogP) is 3.64. The molecule has 2 aromatic heterocycles. The second kappa shape index (κ2) is 4.15. The van der Waals surface area contributed by atoms with Crippen molar-refractivity contribution in [1.82, 2.24) is 15.0 Å². The summed E-state index contributed by atoms with van der Waals surface area (Å²) in [6, 6.07) is 4.98. The first kappa shape index (κ1) is 11.3. The van der Waals surface area contributed by atoms with E-state index in [2.05, 4.69) is 15.0 Å². The number of rotatable bonds is 1. The molecular formula is C12H7Cl2N3O. The van der Waals surface area contributed by atoms with Crippen molar-refractivity contribution in [2.45, 2.75) is 0 Å². The summed E-state index contributed by atoms with van der Waals surface area (Å²) in [5.41, 5.74) is 2.18. The maximum absolute atomic E-state index is 9.39. The Morgan fingerprint density at radius 1 is 1.06 bits per heavy atom. The van der Waals surface area contributed by atoms with Gasteiger partial charge in [-0.1, -0.05) is 23.2 Å². The third-order valence-electron chi connectivity index (χ3n) is 2.52. The Morgan fingerprint density at radius 3 is 2.61 bits per heavy atom. The van der Waals surface area contributed by atoms with E-state index in [1.54, 1.807) is 24.4 Å². The molecule has 3 aromatic rings. The minimum atomic E-state index is 0.0871. The standard InChI is InChI=1S/C12H7Cl2N3O/c13-8-2-10-11(3-9(8)14)17-12(16-10)6-1-7(18)5-15-4-6/h1-5,18H,(H,16,17). The average Bonchev–Trinajstić information content (AvgIpc) is 2.73.